The normalized spacial score (nSPS) is 22.1. The molecule has 1 fully saturated rings. The zero-order chi connectivity index (χ0) is 30.5. The van der Waals surface area contributed by atoms with E-state index in [0.717, 1.165) is 24.3 Å². The standard InChI is InChI=1S/C28H24O14/c1-10-20(34)23(37)26(41-27(38)11-2-4-13(29)5-3-11)28(39-10)42-25-22(36)19-15(31)8-14(30)9-18(19)40-24(25)12-6-16(32)21(35)17(33)7-12/h2-10,20,23,26,28-35,37H,1H3/t10?,20-,23?,26-,28-/m0/s1. The van der Waals surface area contributed by atoms with Crippen molar-refractivity contribution in [2.45, 2.75) is 37.6 Å². The number of aliphatic hydroxyl groups excluding tert-OH is 2. The van der Waals surface area contributed by atoms with Gasteiger partial charge in [-0.3, -0.25) is 4.79 Å². The minimum Gasteiger partial charge on any atom is -0.508 e. The zero-order valence-electron chi connectivity index (χ0n) is 21.5. The maximum absolute atomic E-state index is 13.7. The number of hydrogen-bond donors (Lipinski definition) is 8. The van der Waals surface area contributed by atoms with Gasteiger partial charge in [-0.2, -0.15) is 0 Å². The van der Waals surface area contributed by atoms with E-state index in [2.05, 4.69) is 0 Å². The van der Waals surface area contributed by atoms with Crippen LogP contribution in [0, 0.1) is 0 Å². The summed E-state index contributed by atoms with van der Waals surface area (Å²) in [6.45, 7) is 1.37. The van der Waals surface area contributed by atoms with Crippen molar-refractivity contribution in [3.63, 3.8) is 0 Å². The number of hydrogen-bond acceptors (Lipinski definition) is 14. The Kier molecular flexibility index (Phi) is 7.20. The Labute approximate surface area is 235 Å². The lowest BCUT2D eigenvalue weighted by molar-refractivity contribution is -0.267. The molecule has 0 radical (unpaired) electrons. The van der Waals surface area contributed by atoms with Gasteiger partial charge in [0.05, 0.1) is 11.7 Å². The molecular weight excluding hydrogens is 560 g/mol. The quantitative estimate of drug-likeness (QED) is 0.123. The summed E-state index contributed by atoms with van der Waals surface area (Å²) in [6.07, 6.45) is -8.00. The van der Waals surface area contributed by atoms with Gasteiger partial charge in [-0.15, -0.1) is 0 Å². The van der Waals surface area contributed by atoms with E-state index in [1.165, 1.54) is 31.2 Å². The number of phenols is 6. The minimum atomic E-state index is -1.79. The van der Waals surface area contributed by atoms with Crippen LogP contribution in [0.5, 0.6) is 40.2 Å². The van der Waals surface area contributed by atoms with Gasteiger partial charge < -0.3 is 59.5 Å². The number of ether oxygens (including phenoxy) is 3. The molecule has 0 aliphatic carbocycles. The molecule has 220 valence electrons. The summed E-state index contributed by atoms with van der Waals surface area (Å²) in [5, 5.41) is 80.6. The van der Waals surface area contributed by atoms with Crippen molar-refractivity contribution in [1.29, 1.82) is 0 Å². The Balaban J connectivity index is 1.64. The van der Waals surface area contributed by atoms with E-state index in [1.54, 1.807) is 0 Å². The Morgan fingerprint density at radius 2 is 1.48 bits per heavy atom. The highest BCUT2D eigenvalue weighted by Crippen LogP contribution is 2.43. The fourth-order valence-electron chi connectivity index (χ4n) is 4.43. The first-order valence-corrected chi connectivity index (χ1v) is 12.3. The molecule has 2 heterocycles. The lowest BCUT2D eigenvalue weighted by Crippen LogP contribution is -2.60. The van der Waals surface area contributed by atoms with E-state index in [1.807, 2.05) is 0 Å². The van der Waals surface area contributed by atoms with Crippen molar-refractivity contribution in [1.82, 2.24) is 0 Å². The Morgan fingerprint density at radius 3 is 2.12 bits per heavy atom. The number of carbonyl (C=O) groups excluding carboxylic acids is 1. The fourth-order valence-corrected chi connectivity index (χ4v) is 4.43. The van der Waals surface area contributed by atoms with E-state index in [-0.39, 0.29) is 22.5 Å². The van der Waals surface area contributed by atoms with Crippen LogP contribution in [0.1, 0.15) is 17.3 Å². The number of phenolic OH excluding ortho intramolecular Hbond substituents is 6. The number of rotatable bonds is 5. The Bertz CT molecular complexity index is 1700. The smallest absolute Gasteiger partial charge is 0.338 e. The van der Waals surface area contributed by atoms with Crippen LogP contribution in [-0.2, 0) is 9.47 Å². The summed E-state index contributed by atoms with van der Waals surface area (Å²) in [7, 11) is 0. The van der Waals surface area contributed by atoms with Gasteiger partial charge in [0.1, 0.15) is 40.4 Å². The number of aromatic hydroxyl groups is 6. The van der Waals surface area contributed by atoms with Crippen molar-refractivity contribution in [2.75, 3.05) is 0 Å². The molecule has 3 aromatic carbocycles. The first-order valence-electron chi connectivity index (χ1n) is 12.3. The Morgan fingerprint density at radius 1 is 0.833 bits per heavy atom. The van der Waals surface area contributed by atoms with Gasteiger partial charge in [0.2, 0.25) is 17.5 Å². The highest BCUT2D eigenvalue weighted by molar-refractivity contribution is 5.90. The van der Waals surface area contributed by atoms with Crippen LogP contribution in [0.3, 0.4) is 0 Å². The molecule has 4 aromatic rings. The second-order valence-electron chi connectivity index (χ2n) is 9.52. The van der Waals surface area contributed by atoms with Gasteiger partial charge in [0.15, 0.2) is 29.1 Å². The van der Waals surface area contributed by atoms with Crippen molar-refractivity contribution in [2.24, 2.45) is 0 Å². The first-order chi connectivity index (χ1) is 19.8. The molecule has 1 aromatic heterocycles. The molecule has 1 aliphatic rings. The molecule has 0 bridgehead atoms. The highest BCUT2D eigenvalue weighted by atomic mass is 16.7. The maximum Gasteiger partial charge on any atom is 0.338 e. The van der Waals surface area contributed by atoms with E-state index in [4.69, 9.17) is 18.6 Å². The summed E-state index contributed by atoms with van der Waals surface area (Å²) >= 11 is 0. The van der Waals surface area contributed by atoms with E-state index in [9.17, 15) is 50.4 Å². The van der Waals surface area contributed by atoms with Crippen LogP contribution in [0.25, 0.3) is 22.3 Å². The third-order valence-corrected chi connectivity index (χ3v) is 6.61. The van der Waals surface area contributed by atoms with Crippen molar-refractivity contribution in [3.05, 3.63) is 64.3 Å². The predicted octanol–water partition coefficient (Wildman–Crippen LogP) is 1.76. The first kappa shape index (κ1) is 28.4. The molecule has 1 aliphatic heterocycles. The molecule has 0 saturated carbocycles. The molecule has 2 unspecified atom stereocenters. The van der Waals surface area contributed by atoms with Crippen LogP contribution in [-0.4, -0.2) is 77.5 Å². The van der Waals surface area contributed by atoms with E-state index < -0.39 is 87.7 Å². The monoisotopic (exact) mass is 584 g/mol. The van der Waals surface area contributed by atoms with Crippen molar-refractivity contribution in [3.8, 4) is 51.6 Å². The summed E-state index contributed by atoms with van der Waals surface area (Å²) in [6, 6.07) is 8.61. The van der Waals surface area contributed by atoms with Crippen molar-refractivity contribution < 1.29 is 64.3 Å². The third kappa shape index (κ3) is 5.05. The maximum atomic E-state index is 13.7. The summed E-state index contributed by atoms with van der Waals surface area (Å²) in [5.41, 5.74) is -1.65. The zero-order valence-corrected chi connectivity index (χ0v) is 21.5. The summed E-state index contributed by atoms with van der Waals surface area (Å²) < 4.78 is 22.6. The van der Waals surface area contributed by atoms with Crippen LogP contribution in [0.15, 0.2) is 57.7 Å². The molecule has 5 atom stereocenters. The van der Waals surface area contributed by atoms with Crippen LogP contribution in [0.4, 0.5) is 0 Å². The third-order valence-electron chi connectivity index (χ3n) is 6.61. The number of esters is 1. The SMILES string of the molecule is CC1O[C@@H](Oc2c(-c3cc(O)c(O)c(O)c3)oc3cc(O)cc(O)c3c2=O)[C@@H](OC(=O)c2ccc(O)cc2)C(O)[C@H]1O. The summed E-state index contributed by atoms with van der Waals surface area (Å²) in [5.74, 6) is -6.01. The highest BCUT2D eigenvalue weighted by Gasteiger charge is 2.47. The van der Waals surface area contributed by atoms with Gasteiger partial charge in [-0.1, -0.05) is 0 Å². The second kappa shape index (κ2) is 10.7. The minimum absolute atomic E-state index is 0.0439. The molecule has 8 N–H and O–H groups in total. The average molecular weight is 584 g/mol. The largest absolute Gasteiger partial charge is 0.508 e. The number of benzene rings is 3. The van der Waals surface area contributed by atoms with Gasteiger partial charge in [0, 0.05) is 17.7 Å². The molecule has 1 saturated heterocycles. The van der Waals surface area contributed by atoms with E-state index >= 15 is 0 Å². The number of carbonyl (C=O) groups is 1. The topological polar surface area (TPSA) is 237 Å². The molecule has 0 spiro atoms. The van der Waals surface area contributed by atoms with Crippen LogP contribution >= 0.6 is 0 Å². The fraction of sp³-hybridized carbons (Fsp3) is 0.214. The Hall–Kier alpha value is -5.18. The number of aliphatic hydroxyl groups is 2. The van der Waals surface area contributed by atoms with Gasteiger partial charge in [-0.05, 0) is 43.3 Å². The predicted molar refractivity (Wildman–Crippen MR) is 141 cm³/mol. The van der Waals surface area contributed by atoms with Gasteiger partial charge >= 0.3 is 5.97 Å². The number of fused-ring (bicyclic) bond motifs is 1. The van der Waals surface area contributed by atoms with Gasteiger partial charge in [-0.25, -0.2) is 4.79 Å². The lowest BCUT2D eigenvalue weighted by Gasteiger charge is -2.40. The molecule has 42 heavy (non-hydrogen) atoms. The molecule has 14 nitrogen and oxygen atoms in total. The molecule has 0 amide bonds. The van der Waals surface area contributed by atoms with Crippen LogP contribution in [0.2, 0.25) is 0 Å². The van der Waals surface area contributed by atoms with Crippen LogP contribution < -0.4 is 10.2 Å². The second-order valence-corrected chi connectivity index (χ2v) is 9.52. The average Bonchev–Trinajstić information content (AvgIpc) is 2.93. The van der Waals surface area contributed by atoms with Gasteiger partial charge in [0.25, 0.3) is 0 Å². The summed E-state index contributed by atoms with van der Waals surface area (Å²) in [4.78, 5) is 26.5. The van der Waals surface area contributed by atoms with Crippen molar-refractivity contribution >= 4 is 16.9 Å². The lowest BCUT2D eigenvalue weighted by atomic mass is 9.99. The molecule has 5 rings (SSSR count). The van der Waals surface area contributed by atoms with E-state index in [0.29, 0.717) is 0 Å². The molecule has 14 heteroatoms. The molecular formula is C28H24O14.